The van der Waals surface area contributed by atoms with E-state index in [2.05, 4.69) is 16.4 Å². The summed E-state index contributed by atoms with van der Waals surface area (Å²) in [4.78, 5) is 0. The second kappa shape index (κ2) is 5.88. The predicted octanol–water partition coefficient (Wildman–Crippen LogP) is -0.375. The maximum absolute atomic E-state index is 2.89. The molecule has 0 spiro atoms. The lowest BCUT2D eigenvalue weighted by molar-refractivity contribution is 0.456. The normalized spacial score (nSPS) is 9.43. The van der Waals surface area contributed by atoms with Crippen molar-refractivity contribution in [3.05, 3.63) is 0 Å². The minimum absolute atomic E-state index is 0.938. The molecule has 0 aliphatic rings. The van der Waals surface area contributed by atoms with Gasteiger partial charge in [-0.2, -0.15) is 5.53 Å². The molecule has 0 aromatic carbocycles. The van der Waals surface area contributed by atoms with Crippen molar-refractivity contribution in [1.82, 2.24) is 16.4 Å². The fraction of sp³-hybridized carbons (Fsp3) is 1.00. The molecule has 0 aliphatic heterocycles. The number of hydrogen-bond acceptors (Lipinski definition) is 3. The van der Waals surface area contributed by atoms with Gasteiger partial charge in [-0.05, 0) is 0 Å². The SMILES string of the molecule is CCNNNCC. The highest BCUT2D eigenvalue weighted by molar-refractivity contribution is 4.24. The molecule has 3 nitrogen and oxygen atoms in total. The third-order valence-corrected chi connectivity index (χ3v) is 0.530. The summed E-state index contributed by atoms with van der Waals surface area (Å²) in [6.07, 6.45) is 0. The van der Waals surface area contributed by atoms with Crippen LogP contribution < -0.4 is 16.4 Å². The van der Waals surface area contributed by atoms with Crippen molar-refractivity contribution in [3.8, 4) is 0 Å². The van der Waals surface area contributed by atoms with Crippen LogP contribution in [0.5, 0.6) is 0 Å². The first-order valence-electron chi connectivity index (χ1n) is 2.62. The van der Waals surface area contributed by atoms with Gasteiger partial charge < -0.3 is 0 Å². The molecule has 0 radical (unpaired) electrons. The second-order valence-electron chi connectivity index (χ2n) is 1.19. The Labute approximate surface area is 44.4 Å². The molecular formula is C4H13N3. The summed E-state index contributed by atoms with van der Waals surface area (Å²) >= 11 is 0. The van der Waals surface area contributed by atoms with E-state index in [0.717, 1.165) is 13.1 Å². The van der Waals surface area contributed by atoms with E-state index in [1.807, 2.05) is 13.8 Å². The van der Waals surface area contributed by atoms with E-state index in [1.54, 1.807) is 0 Å². The Balaban J connectivity index is 2.45. The Bertz CT molecular complexity index is 26.1. The number of nitrogens with one attached hydrogen (secondary N) is 3. The fourth-order valence-electron chi connectivity index (χ4n) is 0.239. The zero-order valence-electron chi connectivity index (χ0n) is 4.91. The van der Waals surface area contributed by atoms with Gasteiger partial charge >= 0.3 is 0 Å². The van der Waals surface area contributed by atoms with Crippen molar-refractivity contribution in [3.63, 3.8) is 0 Å². The van der Waals surface area contributed by atoms with Gasteiger partial charge in [0.15, 0.2) is 0 Å². The van der Waals surface area contributed by atoms with Crippen LogP contribution in [0, 0.1) is 0 Å². The molecule has 0 aromatic heterocycles. The Morgan fingerprint density at radius 3 is 1.71 bits per heavy atom. The van der Waals surface area contributed by atoms with E-state index in [1.165, 1.54) is 0 Å². The van der Waals surface area contributed by atoms with Crippen LogP contribution in [0.1, 0.15) is 13.8 Å². The molecular weight excluding hydrogens is 90.1 g/mol. The van der Waals surface area contributed by atoms with Crippen LogP contribution in [0.3, 0.4) is 0 Å². The molecule has 0 atom stereocenters. The van der Waals surface area contributed by atoms with E-state index >= 15 is 0 Å². The van der Waals surface area contributed by atoms with Gasteiger partial charge in [0.1, 0.15) is 0 Å². The maximum atomic E-state index is 2.89. The summed E-state index contributed by atoms with van der Waals surface area (Å²) < 4.78 is 0. The van der Waals surface area contributed by atoms with Gasteiger partial charge in [0, 0.05) is 13.1 Å². The van der Waals surface area contributed by atoms with Crippen molar-refractivity contribution in [1.29, 1.82) is 0 Å². The Hall–Kier alpha value is -0.120. The average Bonchev–Trinajstić information content (AvgIpc) is 1.69. The number of hydrogen-bond donors (Lipinski definition) is 3. The lowest BCUT2D eigenvalue weighted by Gasteiger charge is -2.01. The Morgan fingerprint density at radius 2 is 1.43 bits per heavy atom. The lowest BCUT2D eigenvalue weighted by Crippen LogP contribution is -2.42. The number of hydrazine groups is 2. The molecule has 44 valence electrons. The summed E-state index contributed by atoms with van der Waals surface area (Å²) in [6.45, 7) is 5.94. The van der Waals surface area contributed by atoms with Crippen molar-refractivity contribution in [2.24, 2.45) is 0 Å². The molecule has 0 aliphatic carbocycles. The standard InChI is InChI=1S/C4H13N3/c1-3-5-7-6-4-2/h5-7H,3-4H2,1-2H3. The van der Waals surface area contributed by atoms with Crippen LogP contribution in [0.15, 0.2) is 0 Å². The topological polar surface area (TPSA) is 36.1 Å². The van der Waals surface area contributed by atoms with Gasteiger partial charge in [-0.25, -0.2) is 10.9 Å². The molecule has 0 bridgehead atoms. The summed E-state index contributed by atoms with van der Waals surface area (Å²) in [6, 6.07) is 0. The van der Waals surface area contributed by atoms with Crippen LogP contribution in [0.25, 0.3) is 0 Å². The first kappa shape index (κ1) is 6.88. The molecule has 7 heavy (non-hydrogen) atoms. The Kier molecular flexibility index (Phi) is 5.78. The van der Waals surface area contributed by atoms with E-state index in [0.29, 0.717) is 0 Å². The molecule has 0 heterocycles. The zero-order chi connectivity index (χ0) is 5.54. The van der Waals surface area contributed by atoms with Crippen LogP contribution in [-0.2, 0) is 0 Å². The summed E-state index contributed by atoms with van der Waals surface area (Å²) in [5, 5.41) is 0. The lowest BCUT2D eigenvalue weighted by atomic mass is 10.8. The first-order valence-corrected chi connectivity index (χ1v) is 2.62. The van der Waals surface area contributed by atoms with Crippen LogP contribution in [-0.4, -0.2) is 13.1 Å². The monoisotopic (exact) mass is 103 g/mol. The van der Waals surface area contributed by atoms with Crippen LogP contribution in [0.2, 0.25) is 0 Å². The van der Waals surface area contributed by atoms with E-state index in [-0.39, 0.29) is 0 Å². The van der Waals surface area contributed by atoms with Gasteiger partial charge in [0.25, 0.3) is 0 Å². The first-order chi connectivity index (χ1) is 3.41. The Morgan fingerprint density at radius 1 is 1.00 bits per heavy atom. The molecule has 3 N–H and O–H groups in total. The molecule has 0 unspecified atom stereocenters. The molecule has 0 saturated heterocycles. The smallest absolute Gasteiger partial charge is 0.00846 e. The highest BCUT2D eigenvalue weighted by Gasteiger charge is 1.71. The largest absolute Gasteiger partial charge is 0.245 e. The third kappa shape index (κ3) is 5.88. The van der Waals surface area contributed by atoms with Crippen molar-refractivity contribution < 1.29 is 0 Å². The quantitative estimate of drug-likeness (QED) is 0.335. The van der Waals surface area contributed by atoms with E-state index in [9.17, 15) is 0 Å². The summed E-state index contributed by atoms with van der Waals surface area (Å²) in [7, 11) is 0. The third-order valence-electron chi connectivity index (χ3n) is 0.530. The number of rotatable bonds is 4. The summed E-state index contributed by atoms with van der Waals surface area (Å²) in [5.41, 5.74) is 8.56. The predicted molar refractivity (Wildman–Crippen MR) is 30.5 cm³/mol. The van der Waals surface area contributed by atoms with Gasteiger partial charge in [-0.3, -0.25) is 0 Å². The van der Waals surface area contributed by atoms with E-state index < -0.39 is 0 Å². The van der Waals surface area contributed by atoms with Crippen molar-refractivity contribution in [2.75, 3.05) is 13.1 Å². The molecule has 0 saturated carbocycles. The van der Waals surface area contributed by atoms with Crippen LogP contribution >= 0.6 is 0 Å². The molecule has 0 rings (SSSR count). The zero-order valence-corrected chi connectivity index (χ0v) is 4.91. The average molecular weight is 103 g/mol. The van der Waals surface area contributed by atoms with Crippen LogP contribution in [0.4, 0.5) is 0 Å². The highest BCUT2D eigenvalue weighted by atomic mass is 15.6. The van der Waals surface area contributed by atoms with Crippen molar-refractivity contribution in [2.45, 2.75) is 13.8 Å². The van der Waals surface area contributed by atoms with Gasteiger partial charge in [-0.1, -0.05) is 13.8 Å². The molecule has 0 amide bonds. The van der Waals surface area contributed by atoms with E-state index in [4.69, 9.17) is 0 Å². The van der Waals surface area contributed by atoms with Gasteiger partial charge in [-0.15, -0.1) is 0 Å². The highest BCUT2D eigenvalue weighted by Crippen LogP contribution is 1.42. The van der Waals surface area contributed by atoms with Crippen molar-refractivity contribution >= 4 is 0 Å². The molecule has 3 heteroatoms. The summed E-state index contributed by atoms with van der Waals surface area (Å²) in [5.74, 6) is 0. The van der Waals surface area contributed by atoms with Gasteiger partial charge in [0.2, 0.25) is 0 Å². The minimum Gasteiger partial charge on any atom is -0.245 e. The minimum atomic E-state index is 0.938. The molecule has 0 aromatic rings. The van der Waals surface area contributed by atoms with Gasteiger partial charge in [0.05, 0.1) is 0 Å². The maximum Gasteiger partial charge on any atom is 0.00846 e. The second-order valence-corrected chi connectivity index (χ2v) is 1.19. The fourth-order valence-corrected chi connectivity index (χ4v) is 0.239. The molecule has 0 fully saturated rings.